The van der Waals surface area contributed by atoms with Crippen LogP contribution in [0.3, 0.4) is 0 Å². The molecule has 1 aromatic heterocycles. The minimum atomic E-state index is -0.528. The lowest BCUT2D eigenvalue weighted by Gasteiger charge is -1.99. The summed E-state index contributed by atoms with van der Waals surface area (Å²) in [6.45, 7) is 0. The summed E-state index contributed by atoms with van der Waals surface area (Å²) >= 11 is 0. The molecule has 0 bridgehead atoms. The molecule has 0 unspecified atom stereocenters. The predicted octanol–water partition coefficient (Wildman–Crippen LogP) is 0.0312. The lowest BCUT2D eigenvalue weighted by atomic mass is 10.2. The van der Waals surface area contributed by atoms with Crippen molar-refractivity contribution in [1.29, 1.82) is 0 Å². The smallest absolute Gasteiger partial charge is 0.427 e. The number of nitrogens with one attached hydrogen (secondary N) is 1. The highest BCUT2D eigenvalue weighted by Gasteiger charge is 2.20. The van der Waals surface area contributed by atoms with E-state index in [-0.39, 0.29) is 0 Å². The van der Waals surface area contributed by atoms with Crippen molar-refractivity contribution in [3.05, 3.63) is 46.4 Å². The fraction of sp³-hybridized carbons (Fsp3) is 0.100. The number of carbonyl (C=O) groups excluding carboxylic acids is 1. The Kier molecular flexibility index (Phi) is 2.55. The minimum absolute atomic E-state index is 0.340. The van der Waals surface area contributed by atoms with Gasteiger partial charge in [-0.05, 0) is 16.0 Å². The Morgan fingerprint density at radius 3 is 2.81 bits per heavy atom. The van der Waals surface area contributed by atoms with Crippen LogP contribution in [0.5, 0.6) is 0 Å². The molecule has 1 aromatic carbocycles. The Balaban J connectivity index is 2.56. The fourth-order valence-corrected chi connectivity index (χ4v) is 1.34. The Morgan fingerprint density at radius 2 is 2.19 bits per heavy atom. The molecular formula is C10H9N2O4+. The zero-order valence-electron chi connectivity index (χ0n) is 8.47. The van der Waals surface area contributed by atoms with Gasteiger partial charge in [-0.2, -0.15) is 0 Å². The maximum atomic E-state index is 11.5. The zero-order valence-corrected chi connectivity index (χ0v) is 8.47. The highest BCUT2D eigenvalue weighted by molar-refractivity contribution is 5.92. The Bertz CT molecular complexity index is 570. The standard InChI is InChI=1S/C10H8N2O4/c1-15-10(14)7-4-2-3-5-8(7)12-6-9(13)16-11-12/h2-6H,1H3/p+1. The van der Waals surface area contributed by atoms with Crippen LogP contribution in [0.4, 0.5) is 0 Å². The number of esters is 1. The summed E-state index contributed by atoms with van der Waals surface area (Å²) in [6.07, 6.45) is 1.20. The van der Waals surface area contributed by atoms with E-state index < -0.39 is 11.6 Å². The van der Waals surface area contributed by atoms with Crippen LogP contribution in [0, 0.1) is 0 Å². The molecule has 6 heteroatoms. The van der Waals surface area contributed by atoms with Crippen molar-refractivity contribution in [2.45, 2.75) is 0 Å². The van der Waals surface area contributed by atoms with E-state index in [0.29, 0.717) is 11.3 Å². The number of para-hydroxylation sites is 1. The van der Waals surface area contributed by atoms with E-state index in [2.05, 4.69) is 14.5 Å². The molecule has 82 valence electrons. The molecule has 0 spiro atoms. The molecule has 1 heterocycles. The predicted molar refractivity (Wildman–Crippen MR) is 52.2 cm³/mol. The van der Waals surface area contributed by atoms with Gasteiger partial charge in [-0.15, -0.1) is 0 Å². The third kappa shape index (κ3) is 1.72. The molecule has 0 aliphatic heterocycles. The Morgan fingerprint density at radius 1 is 1.44 bits per heavy atom. The first-order valence-electron chi connectivity index (χ1n) is 4.50. The van der Waals surface area contributed by atoms with Gasteiger partial charge in [0.05, 0.1) is 7.11 Å². The first-order valence-corrected chi connectivity index (χ1v) is 4.50. The number of aromatic nitrogens is 2. The van der Waals surface area contributed by atoms with E-state index in [4.69, 9.17) is 0 Å². The Hall–Kier alpha value is -2.37. The molecule has 0 atom stereocenters. The van der Waals surface area contributed by atoms with Gasteiger partial charge in [-0.3, -0.25) is 4.52 Å². The number of hydrogen-bond donors (Lipinski definition) is 1. The number of rotatable bonds is 2. The summed E-state index contributed by atoms with van der Waals surface area (Å²) in [6, 6.07) is 6.70. The molecule has 0 fully saturated rings. The highest BCUT2D eigenvalue weighted by Crippen LogP contribution is 2.08. The number of nitrogens with zero attached hydrogens (tertiary/aromatic N) is 1. The van der Waals surface area contributed by atoms with Crippen LogP contribution in [0.25, 0.3) is 5.69 Å². The molecule has 0 aliphatic rings. The quantitative estimate of drug-likeness (QED) is 0.573. The average Bonchev–Trinajstić information content (AvgIpc) is 2.75. The van der Waals surface area contributed by atoms with Crippen molar-refractivity contribution in [3.8, 4) is 5.69 Å². The van der Waals surface area contributed by atoms with Crippen LogP contribution < -0.4 is 10.3 Å². The fourth-order valence-electron chi connectivity index (χ4n) is 1.34. The molecule has 0 radical (unpaired) electrons. The molecule has 0 saturated carbocycles. The third-order valence-electron chi connectivity index (χ3n) is 2.05. The van der Waals surface area contributed by atoms with Gasteiger partial charge < -0.3 is 4.74 Å². The molecule has 2 aromatic rings. The van der Waals surface area contributed by atoms with Crippen molar-refractivity contribution >= 4 is 5.97 Å². The maximum Gasteiger partial charge on any atom is 0.427 e. The van der Waals surface area contributed by atoms with E-state index in [1.54, 1.807) is 24.3 Å². The summed E-state index contributed by atoms with van der Waals surface area (Å²) in [5.41, 5.74) is 0.298. The molecular weight excluding hydrogens is 212 g/mol. The second-order valence-electron chi connectivity index (χ2n) is 3.02. The van der Waals surface area contributed by atoms with Crippen molar-refractivity contribution in [1.82, 2.24) is 5.27 Å². The summed E-state index contributed by atoms with van der Waals surface area (Å²) in [4.78, 5) is 22.3. The second kappa shape index (κ2) is 4.01. The molecule has 6 nitrogen and oxygen atoms in total. The van der Waals surface area contributed by atoms with Gasteiger partial charge >= 0.3 is 11.6 Å². The van der Waals surface area contributed by atoms with Crippen LogP contribution in [0.2, 0.25) is 0 Å². The lowest BCUT2D eigenvalue weighted by Crippen LogP contribution is -2.34. The van der Waals surface area contributed by atoms with Gasteiger partial charge in [0, 0.05) is 6.07 Å². The van der Waals surface area contributed by atoms with Crippen molar-refractivity contribution < 1.29 is 18.7 Å². The molecule has 0 aliphatic carbocycles. The average molecular weight is 221 g/mol. The number of H-pyrrole nitrogens is 1. The maximum absolute atomic E-state index is 11.5. The zero-order chi connectivity index (χ0) is 11.5. The van der Waals surface area contributed by atoms with E-state index in [1.165, 1.54) is 18.0 Å². The van der Waals surface area contributed by atoms with Crippen molar-refractivity contribution in [2.24, 2.45) is 0 Å². The van der Waals surface area contributed by atoms with Crippen molar-refractivity contribution in [2.75, 3.05) is 7.11 Å². The number of benzene rings is 1. The van der Waals surface area contributed by atoms with Gasteiger partial charge in [0.25, 0.3) is 11.9 Å². The largest absolute Gasteiger partial charge is 0.465 e. The van der Waals surface area contributed by atoms with Crippen LogP contribution >= 0.6 is 0 Å². The van der Waals surface area contributed by atoms with E-state index in [9.17, 15) is 9.59 Å². The lowest BCUT2D eigenvalue weighted by molar-refractivity contribution is -0.670. The summed E-state index contributed by atoms with van der Waals surface area (Å²) in [5.74, 6) is -0.481. The van der Waals surface area contributed by atoms with Gasteiger partial charge in [-0.25, -0.2) is 9.59 Å². The van der Waals surface area contributed by atoms with Gasteiger partial charge in [0.1, 0.15) is 5.56 Å². The normalized spacial score (nSPS) is 10.1. The second-order valence-corrected chi connectivity index (χ2v) is 3.02. The number of hydrogen-bond acceptors (Lipinski definition) is 4. The third-order valence-corrected chi connectivity index (χ3v) is 2.05. The van der Waals surface area contributed by atoms with E-state index in [0.717, 1.165) is 0 Å². The van der Waals surface area contributed by atoms with Crippen LogP contribution in [0.15, 0.2) is 39.8 Å². The highest BCUT2D eigenvalue weighted by atomic mass is 16.5. The number of methoxy groups -OCH3 is 1. The molecule has 0 saturated heterocycles. The van der Waals surface area contributed by atoms with E-state index in [1.807, 2.05) is 0 Å². The number of ether oxygens (including phenoxy) is 1. The minimum Gasteiger partial charge on any atom is -0.465 e. The Labute approximate surface area is 90.0 Å². The van der Waals surface area contributed by atoms with Gasteiger partial charge in [0.15, 0.2) is 0 Å². The first kappa shape index (κ1) is 10.2. The molecule has 2 rings (SSSR count). The van der Waals surface area contributed by atoms with Gasteiger partial charge in [-0.1, -0.05) is 12.1 Å². The summed E-state index contributed by atoms with van der Waals surface area (Å²) < 4.78 is 10.5. The molecule has 16 heavy (non-hydrogen) atoms. The number of carbonyl (C=O) groups is 1. The number of aromatic amines is 1. The monoisotopic (exact) mass is 221 g/mol. The van der Waals surface area contributed by atoms with Crippen LogP contribution in [0.1, 0.15) is 10.4 Å². The van der Waals surface area contributed by atoms with Crippen LogP contribution in [-0.2, 0) is 4.74 Å². The molecule has 0 amide bonds. The summed E-state index contributed by atoms with van der Waals surface area (Å²) in [5, 5.41) is 2.36. The summed E-state index contributed by atoms with van der Waals surface area (Å²) in [7, 11) is 1.29. The van der Waals surface area contributed by atoms with E-state index >= 15 is 0 Å². The van der Waals surface area contributed by atoms with Crippen molar-refractivity contribution in [3.63, 3.8) is 0 Å². The van der Waals surface area contributed by atoms with Gasteiger partial charge in [0.2, 0.25) is 0 Å². The first-order chi connectivity index (χ1) is 7.72. The van der Waals surface area contributed by atoms with Crippen LogP contribution in [-0.4, -0.2) is 18.4 Å². The SMILES string of the molecule is COC(=O)c1ccccc1-[n+]1cc(=O)o[nH]1. The topological polar surface area (TPSA) is 76.2 Å². The molecule has 1 N–H and O–H groups in total.